The summed E-state index contributed by atoms with van der Waals surface area (Å²) >= 11 is 0. The molecule has 0 N–H and O–H groups in total. The lowest BCUT2D eigenvalue weighted by atomic mass is 10.1. The standard InChI is InChI=1S/C19H28O3/c1-4-5-13-18(15-22-19(20)16(2)3)21-14-9-12-17-10-7-6-8-11-17/h6-8,10-11,18H,2,4-5,9,12-15H2,1,3H3. The molecule has 0 aliphatic heterocycles. The van der Waals surface area contributed by atoms with E-state index < -0.39 is 0 Å². The predicted octanol–water partition coefficient (Wildman–Crippen LogP) is 4.31. The van der Waals surface area contributed by atoms with E-state index in [-0.39, 0.29) is 12.1 Å². The SMILES string of the molecule is C=C(C)C(=O)OCC(CCCC)OCCCc1ccccc1. The molecule has 0 amide bonds. The van der Waals surface area contributed by atoms with Crippen molar-refractivity contribution in [2.45, 2.75) is 52.1 Å². The molecule has 0 aliphatic rings. The first-order valence-corrected chi connectivity index (χ1v) is 8.11. The second kappa shape index (κ2) is 11.0. The molecule has 1 aromatic carbocycles. The topological polar surface area (TPSA) is 35.5 Å². The highest BCUT2D eigenvalue weighted by Crippen LogP contribution is 2.09. The fourth-order valence-electron chi connectivity index (χ4n) is 2.11. The lowest BCUT2D eigenvalue weighted by molar-refractivity contribution is -0.143. The molecule has 0 saturated heterocycles. The van der Waals surface area contributed by atoms with E-state index in [4.69, 9.17) is 9.47 Å². The van der Waals surface area contributed by atoms with Gasteiger partial charge in [0.2, 0.25) is 0 Å². The third-order valence-electron chi connectivity index (χ3n) is 3.43. The van der Waals surface area contributed by atoms with E-state index in [0.717, 1.165) is 32.1 Å². The second-order valence-corrected chi connectivity index (χ2v) is 5.60. The van der Waals surface area contributed by atoms with Crippen molar-refractivity contribution in [1.82, 2.24) is 0 Å². The molecule has 3 nitrogen and oxygen atoms in total. The van der Waals surface area contributed by atoms with Crippen LogP contribution in [0.2, 0.25) is 0 Å². The normalized spacial score (nSPS) is 11.9. The Morgan fingerprint density at radius 1 is 1.23 bits per heavy atom. The molecule has 0 fully saturated rings. The predicted molar refractivity (Wildman–Crippen MR) is 89.8 cm³/mol. The van der Waals surface area contributed by atoms with Crippen LogP contribution in [0.25, 0.3) is 0 Å². The summed E-state index contributed by atoms with van der Waals surface area (Å²) < 4.78 is 11.1. The number of rotatable bonds is 11. The molecular weight excluding hydrogens is 276 g/mol. The third kappa shape index (κ3) is 7.99. The maximum absolute atomic E-state index is 11.5. The zero-order valence-electron chi connectivity index (χ0n) is 13.8. The number of unbranched alkanes of at least 4 members (excludes halogenated alkanes) is 1. The highest BCUT2D eigenvalue weighted by molar-refractivity contribution is 5.86. The first-order chi connectivity index (χ1) is 10.6. The van der Waals surface area contributed by atoms with Gasteiger partial charge in [-0.25, -0.2) is 4.79 Å². The van der Waals surface area contributed by atoms with E-state index in [1.807, 2.05) is 6.07 Å². The quantitative estimate of drug-likeness (QED) is 0.347. The maximum atomic E-state index is 11.5. The Labute approximate surface area is 134 Å². The van der Waals surface area contributed by atoms with Crippen molar-refractivity contribution in [3.8, 4) is 0 Å². The van der Waals surface area contributed by atoms with E-state index in [9.17, 15) is 4.79 Å². The summed E-state index contributed by atoms with van der Waals surface area (Å²) in [6, 6.07) is 10.4. The van der Waals surface area contributed by atoms with Gasteiger partial charge in [-0.2, -0.15) is 0 Å². The number of benzene rings is 1. The summed E-state index contributed by atoms with van der Waals surface area (Å²) in [7, 11) is 0. The van der Waals surface area contributed by atoms with Crippen LogP contribution in [0.3, 0.4) is 0 Å². The van der Waals surface area contributed by atoms with E-state index in [0.29, 0.717) is 18.8 Å². The summed E-state index contributed by atoms with van der Waals surface area (Å²) in [5.74, 6) is -0.339. The number of carbonyl (C=O) groups excluding carboxylic acids is 1. The van der Waals surface area contributed by atoms with Crippen molar-refractivity contribution in [3.63, 3.8) is 0 Å². The van der Waals surface area contributed by atoms with E-state index in [2.05, 4.69) is 37.8 Å². The van der Waals surface area contributed by atoms with E-state index in [1.165, 1.54) is 5.56 Å². The van der Waals surface area contributed by atoms with Gasteiger partial charge in [0.05, 0.1) is 6.10 Å². The van der Waals surface area contributed by atoms with Crippen LogP contribution in [0.15, 0.2) is 42.5 Å². The van der Waals surface area contributed by atoms with Crippen LogP contribution in [0.4, 0.5) is 0 Å². The Balaban J connectivity index is 2.28. The minimum absolute atomic E-state index is 0.0148. The molecule has 122 valence electrons. The molecule has 0 heterocycles. The van der Waals surface area contributed by atoms with E-state index in [1.54, 1.807) is 6.92 Å². The molecule has 0 saturated carbocycles. The van der Waals surface area contributed by atoms with Crippen LogP contribution in [0.1, 0.15) is 45.1 Å². The van der Waals surface area contributed by atoms with Crippen LogP contribution < -0.4 is 0 Å². The van der Waals surface area contributed by atoms with Crippen LogP contribution in [-0.2, 0) is 20.7 Å². The van der Waals surface area contributed by atoms with Crippen LogP contribution >= 0.6 is 0 Å². The average molecular weight is 304 g/mol. The molecule has 1 aromatic rings. The van der Waals surface area contributed by atoms with Gasteiger partial charge in [-0.1, -0.05) is 56.7 Å². The molecule has 1 atom stereocenters. The molecule has 1 unspecified atom stereocenters. The van der Waals surface area contributed by atoms with Crippen LogP contribution in [-0.4, -0.2) is 25.3 Å². The molecule has 0 radical (unpaired) electrons. The van der Waals surface area contributed by atoms with Crippen molar-refractivity contribution in [2.24, 2.45) is 0 Å². The summed E-state index contributed by atoms with van der Waals surface area (Å²) in [6.07, 6.45) is 5.07. The van der Waals surface area contributed by atoms with Gasteiger partial charge in [-0.05, 0) is 31.7 Å². The Morgan fingerprint density at radius 2 is 1.95 bits per heavy atom. The molecule has 0 spiro atoms. The van der Waals surface area contributed by atoms with Crippen molar-refractivity contribution in [1.29, 1.82) is 0 Å². The summed E-state index contributed by atoms with van der Waals surface area (Å²) in [5.41, 5.74) is 1.75. The van der Waals surface area contributed by atoms with Crippen LogP contribution in [0.5, 0.6) is 0 Å². The van der Waals surface area contributed by atoms with Gasteiger partial charge >= 0.3 is 5.97 Å². The highest BCUT2D eigenvalue weighted by atomic mass is 16.6. The second-order valence-electron chi connectivity index (χ2n) is 5.60. The largest absolute Gasteiger partial charge is 0.460 e. The molecule has 0 aliphatic carbocycles. The van der Waals surface area contributed by atoms with Gasteiger partial charge in [0.15, 0.2) is 0 Å². The number of carbonyl (C=O) groups is 1. The lowest BCUT2D eigenvalue weighted by Gasteiger charge is -2.18. The summed E-state index contributed by atoms with van der Waals surface area (Å²) in [4.78, 5) is 11.5. The highest BCUT2D eigenvalue weighted by Gasteiger charge is 2.12. The van der Waals surface area contributed by atoms with Crippen molar-refractivity contribution >= 4 is 5.97 Å². The smallest absolute Gasteiger partial charge is 0.333 e. The van der Waals surface area contributed by atoms with Crippen molar-refractivity contribution in [3.05, 3.63) is 48.0 Å². The van der Waals surface area contributed by atoms with Gasteiger partial charge in [0.1, 0.15) is 6.61 Å². The summed E-state index contributed by atoms with van der Waals surface area (Å²) in [5, 5.41) is 0. The molecule has 22 heavy (non-hydrogen) atoms. The number of esters is 1. The number of hydrogen-bond donors (Lipinski definition) is 0. The minimum atomic E-state index is -0.339. The first-order valence-electron chi connectivity index (χ1n) is 8.11. The number of hydrogen-bond acceptors (Lipinski definition) is 3. The average Bonchev–Trinajstić information content (AvgIpc) is 2.53. The Hall–Kier alpha value is -1.61. The van der Waals surface area contributed by atoms with E-state index >= 15 is 0 Å². The first kappa shape index (κ1) is 18.4. The van der Waals surface area contributed by atoms with Crippen molar-refractivity contribution in [2.75, 3.05) is 13.2 Å². The molecule has 0 aromatic heterocycles. The zero-order chi connectivity index (χ0) is 16.2. The van der Waals surface area contributed by atoms with Gasteiger partial charge in [0.25, 0.3) is 0 Å². The molecule has 1 rings (SSSR count). The monoisotopic (exact) mass is 304 g/mol. The van der Waals surface area contributed by atoms with Gasteiger partial charge < -0.3 is 9.47 Å². The Bertz CT molecular complexity index is 439. The fourth-order valence-corrected chi connectivity index (χ4v) is 2.11. The third-order valence-corrected chi connectivity index (χ3v) is 3.43. The van der Waals surface area contributed by atoms with Crippen LogP contribution in [0, 0.1) is 0 Å². The molecular formula is C19H28O3. The van der Waals surface area contributed by atoms with Gasteiger partial charge in [-0.3, -0.25) is 0 Å². The Kier molecular flexibility index (Phi) is 9.24. The maximum Gasteiger partial charge on any atom is 0.333 e. The molecule has 3 heteroatoms. The Morgan fingerprint density at radius 3 is 2.59 bits per heavy atom. The minimum Gasteiger partial charge on any atom is -0.460 e. The summed E-state index contributed by atoms with van der Waals surface area (Å²) in [6.45, 7) is 8.40. The molecule has 0 bridgehead atoms. The lowest BCUT2D eigenvalue weighted by Crippen LogP contribution is -2.23. The van der Waals surface area contributed by atoms with Gasteiger partial charge in [-0.15, -0.1) is 0 Å². The van der Waals surface area contributed by atoms with Gasteiger partial charge in [0, 0.05) is 12.2 Å². The number of aryl methyl sites for hydroxylation is 1. The number of ether oxygens (including phenoxy) is 2. The van der Waals surface area contributed by atoms with Crippen molar-refractivity contribution < 1.29 is 14.3 Å². The zero-order valence-corrected chi connectivity index (χ0v) is 13.8. The fraction of sp³-hybridized carbons (Fsp3) is 0.526.